The number of carboxylic acid groups (broad SMARTS) is 1. The molecule has 3 aromatic rings. The molecule has 3 aromatic carbocycles. The first-order valence-electron chi connectivity index (χ1n) is 13.6. The monoisotopic (exact) mass is 567 g/mol. The maximum absolute atomic E-state index is 12.8. The van der Waals surface area contributed by atoms with Crippen molar-refractivity contribution in [3.63, 3.8) is 0 Å². The second-order valence-corrected chi connectivity index (χ2v) is 10.3. The largest absolute Gasteiger partial charge is 0.478 e. The van der Waals surface area contributed by atoms with Crippen LogP contribution in [0.1, 0.15) is 70.9 Å². The quantitative estimate of drug-likeness (QED) is 0.224. The number of halogens is 3. The summed E-state index contributed by atoms with van der Waals surface area (Å²) in [7, 11) is 1.97. The third-order valence-electron chi connectivity index (χ3n) is 7.04. The molecule has 1 N–H and O–H groups in total. The van der Waals surface area contributed by atoms with Gasteiger partial charge in [-0.25, -0.2) is 4.79 Å². The van der Waals surface area contributed by atoms with E-state index >= 15 is 0 Å². The summed E-state index contributed by atoms with van der Waals surface area (Å²) in [4.78, 5) is 26.4. The van der Waals surface area contributed by atoms with Gasteiger partial charge in [0, 0.05) is 37.0 Å². The Morgan fingerprint density at radius 3 is 2.17 bits per heavy atom. The lowest BCUT2D eigenvalue weighted by molar-refractivity contribution is -0.137. The van der Waals surface area contributed by atoms with Crippen molar-refractivity contribution in [2.24, 2.45) is 5.92 Å². The van der Waals surface area contributed by atoms with E-state index in [0.717, 1.165) is 54.8 Å². The predicted molar refractivity (Wildman–Crippen MR) is 155 cm³/mol. The molecule has 0 bridgehead atoms. The summed E-state index contributed by atoms with van der Waals surface area (Å²) in [5.41, 5.74) is 0.758. The summed E-state index contributed by atoms with van der Waals surface area (Å²) in [5, 5.41) is 11.0. The number of ketones is 1. The number of Topliss-reactive ketones (excluding diaryl/α,β-unsaturated/α-hetero) is 1. The van der Waals surface area contributed by atoms with E-state index in [9.17, 15) is 27.9 Å². The van der Waals surface area contributed by atoms with Gasteiger partial charge in [-0.05, 0) is 97.5 Å². The van der Waals surface area contributed by atoms with Gasteiger partial charge in [-0.15, -0.1) is 0 Å². The standard InChI is InChI=1S/C33H36F3NO4/c1-5-7-24(20-37(4)21-30-22(2)10-19-29(23(30)3)32(39)40)8-6-9-31(38)25-11-15-27(16-12-25)41-28-17-13-26(14-18-28)33(34,35)36/h10-19,21,24H,2,5-9,20H2,1,3-4H3,(H,39,40)/b30-21+. The number of nitrogens with zero attached hydrogens (tertiary/aromatic N) is 1. The third kappa shape index (κ3) is 8.96. The molecular weight excluding hydrogens is 531 g/mol. The van der Waals surface area contributed by atoms with Crippen molar-refractivity contribution in [2.45, 2.75) is 52.1 Å². The highest BCUT2D eigenvalue weighted by Crippen LogP contribution is 2.31. The Kier molecular flexibility index (Phi) is 10.8. The average molecular weight is 568 g/mol. The zero-order valence-electron chi connectivity index (χ0n) is 23.6. The number of aromatic carboxylic acids is 1. The molecule has 5 nitrogen and oxygen atoms in total. The number of carbonyl (C=O) groups is 2. The maximum atomic E-state index is 12.8. The van der Waals surface area contributed by atoms with Crippen LogP contribution in [0, 0.1) is 12.8 Å². The molecule has 0 fully saturated rings. The van der Waals surface area contributed by atoms with Crippen molar-refractivity contribution < 1.29 is 32.6 Å². The van der Waals surface area contributed by atoms with E-state index in [0.29, 0.717) is 29.2 Å². The highest BCUT2D eigenvalue weighted by atomic mass is 19.4. The number of carboxylic acids is 1. The molecular formula is C33H36F3NO4. The van der Waals surface area contributed by atoms with Crippen LogP contribution in [-0.4, -0.2) is 35.4 Å². The van der Waals surface area contributed by atoms with Gasteiger partial charge in [-0.3, -0.25) is 4.79 Å². The first-order chi connectivity index (χ1) is 19.4. The number of ether oxygens (including phenoxy) is 1. The topological polar surface area (TPSA) is 66.8 Å². The van der Waals surface area contributed by atoms with Gasteiger partial charge in [0.05, 0.1) is 11.1 Å². The van der Waals surface area contributed by atoms with E-state index < -0.39 is 17.7 Å². The van der Waals surface area contributed by atoms with Crippen LogP contribution in [0.15, 0.2) is 60.7 Å². The van der Waals surface area contributed by atoms with Crippen LogP contribution in [0.25, 0.3) is 12.8 Å². The molecule has 0 radical (unpaired) electrons. The first-order valence-corrected chi connectivity index (χ1v) is 13.6. The summed E-state index contributed by atoms with van der Waals surface area (Å²) >= 11 is 0. The Balaban J connectivity index is 1.55. The number of alkyl halides is 3. The molecule has 0 saturated heterocycles. The smallest absolute Gasteiger partial charge is 0.416 e. The summed E-state index contributed by atoms with van der Waals surface area (Å²) < 4.78 is 43.8. The van der Waals surface area contributed by atoms with Crippen molar-refractivity contribution in [1.82, 2.24) is 4.90 Å². The number of hydrogen-bond donors (Lipinski definition) is 1. The summed E-state index contributed by atoms with van der Waals surface area (Å²) in [6.07, 6.45) is 1.57. The van der Waals surface area contributed by atoms with E-state index in [1.165, 1.54) is 12.1 Å². The highest BCUT2D eigenvalue weighted by molar-refractivity contribution is 5.96. The molecule has 1 atom stereocenters. The van der Waals surface area contributed by atoms with Crippen LogP contribution in [0.2, 0.25) is 0 Å². The molecule has 0 aliphatic heterocycles. The van der Waals surface area contributed by atoms with Gasteiger partial charge in [0.2, 0.25) is 0 Å². The zero-order chi connectivity index (χ0) is 30.2. The van der Waals surface area contributed by atoms with E-state index in [2.05, 4.69) is 18.4 Å². The fraction of sp³-hybridized carbons (Fsp3) is 0.333. The van der Waals surface area contributed by atoms with Gasteiger partial charge in [-0.1, -0.05) is 26.0 Å². The minimum atomic E-state index is -4.41. The van der Waals surface area contributed by atoms with Crippen LogP contribution in [0.5, 0.6) is 11.5 Å². The lowest BCUT2D eigenvalue weighted by Gasteiger charge is -2.23. The van der Waals surface area contributed by atoms with E-state index in [1.807, 2.05) is 13.2 Å². The zero-order valence-corrected chi connectivity index (χ0v) is 23.6. The maximum Gasteiger partial charge on any atom is 0.416 e. The van der Waals surface area contributed by atoms with Crippen molar-refractivity contribution >= 4 is 24.5 Å². The Bertz CT molecular complexity index is 1450. The van der Waals surface area contributed by atoms with Crippen molar-refractivity contribution in [3.05, 3.63) is 93.4 Å². The Hall–Kier alpha value is -4.07. The molecule has 3 rings (SSSR count). The number of rotatable bonds is 13. The first kappa shape index (κ1) is 31.5. The molecule has 218 valence electrons. The summed E-state index contributed by atoms with van der Waals surface area (Å²) in [6, 6.07) is 14.3. The van der Waals surface area contributed by atoms with Crippen molar-refractivity contribution in [2.75, 3.05) is 13.6 Å². The Morgan fingerprint density at radius 2 is 1.61 bits per heavy atom. The number of hydrogen-bond acceptors (Lipinski definition) is 4. The molecule has 41 heavy (non-hydrogen) atoms. The third-order valence-corrected chi connectivity index (χ3v) is 7.04. The molecule has 0 aromatic heterocycles. The van der Waals surface area contributed by atoms with Gasteiger partial charge in [-0.2, -0.15) is 13.2 Å². The average Bonchev–Trinajstić information content (AvgIpc) is 2.91. The second-order valence-electron chi connectivity index (χ2n) is 10.3. The van der Waals surface area contributed by atoms with Crippen LogP contribution >= 0.6 is 0 Å². The van der Waals surface area contributed by atoms with E-state index in [1.54, 1.807) is 43.3 Å². The van der Waals surface area contributed by atoms with Gasteiger partial charge in [0.25, 0.3) is 0 Å². The summed E-state index contributed by atoms with van der Waals surface area (Å²) in [6.45, 7) is 8.75. The molecule has 0 aliphatic rings. The molecule has 1 unspecified atom stereocenters. The molecule has 0 amide bonds. The Morgan fingerprint density at radius 1 is 1.00 bits per heavy atom. The van der Waals surface area contributed by atoms with Gasteiger partial charge < -0.3 is 14.7 Å². The predicted octanol–water partition coefficient (Wildman–Crippen LogP) is 7.05. The molecule has 0 spiro atoms. The van der Waals surface area contributed by atoms with Crippen LogP contribution in [0.3, 0.4) is 0 Å². The fourth-order valence-corrected chi connectivity index (χ4v) is 4.86. The number of benzene rings is 3. The minimum Gasteiger partial charge on any atom is -0.478 e. The van der Waals surface area contributed by atoms with Gasteiger partial charge >= 0.3 is 12.1 Å². The Labute approximate surface area is 238 Å². The van der Waals surface area contributed by atoms with E-state index in [-0.39, 0.29) is 17.1 Å². The molecule has 0 saturated carbocycles. The number of carbonyl (C=O) groups excluding carboxylic acids is 1. The highest BCUT2D eigenvalue weighted by Gasteiger charge is 2.30. The van der Waals surface area contributed by atoms with Crippen LogP contribution < -0.4 is 15.2 Å². The SMILES string of the molecule is C=c1ccc(C(=O)O)c(C)/c1=C/N(C)CC(CCC)CCCC(=O)c1ccc(Oc2ccc(C(F)(F)F)cc2)cc1. The van der Waals surface area contributed by atoms with Crippen LogP contribution in [-0.2, 0) is 6.18 Å². The van der Waals surface area contributed by atoms with Crippen molar-refractivity contribution in [3.8, 4) is 11.5 Å². The van der Waals surface area contributed by atoms with Crippen LogP contribution in [0.4, 0.5) is 13.2 Å². The lowest BCUT2D eigenvalue weighted by atomic mass is 9.94. The normalized spacial score (nSPS) is 12.7. The minimum absolute atomic E-state index is 0.0176. The summed E-state index contributed by atoms with van der Waals surface area (Å²) in [5.74, 6) is 0.124. The lowest BCUT2D eigenvalue weighted by Crippen LogP contribution is -2.32. The fourth-order valence-electron chi connectivity index (χ4n) is 4.86. The molecule has 0 aliphatic carbocycles. The van der Waals surface area contributed by atoms with Crippen molar-refractivity contribution in [1.29, 1.82) is 0 Å². The van der Waals surface area contributed by atoms with Gasteiger partial charge in [0.1, 0.15) is 11.5 Å². The van der Waals surface area contributed by atoms with Gasteiger partial charge in [0.15, 0.2) is 5.78 Å². The second kappa shape index (κ2) is 14.0. The van der Waals surface area contributed by atoms with E-state index in [4.69, 9.17) is 4.74 Å². The molecule has 8 heteroatoms. The molecule has 0 heterocycles.